The van der Waals surface area contributed by atoms with E-state index in [0.717, 1.165) is 60.2 Å². The predicted octanol–water partition coefficient (Wildman–Crippen LogP) is 3.93. The van der Waals surface area contributed by atoms with Gasteiger partial charge in [0.1, 0.15) is 17.1 Å². The van der Waals surface area contributed by atoms with Gasteiger partial charge in [0.2, 0.25) is 5.95 Å². The summed E-state index contributed by atoms with van der Waals surface area (Å²) in [6.45, 7) is 5.64. The van der Waals surface area contributed by atoms with Crippen molar-refractivity contribution in [2.24, 2.45) is 0 Å². The molecule has 1 aromatic carbocycles. The monoisotopic (exact) mass is 448 g/mol. The summed E-state index contributed by atoms with van der Waals surface area (Å²) in [7, 11) is 1.66. The fourth-order valence-corrected chi connectivity index (χ4v) is 4.15. The summed E-state index contributed by atoms with van der Waals surface area (Å²) in [6, 6.07) is 9.94. The number of aromatic nitrogens is 4. The first-order valence-corrected chi connectivity index (χ1v) is 10.8. The Hall–Kier alpha value is -3.36. The molecule has 5 rings (SSSR count). The molecule has 0 saturated carbocycles. The van der Waals surface area contributed by atoms with E-state index >= 15 is 0 Å². The number of fused-ring (bicyclic) bond motifs is 1. The number of piperazine rings is 1. The molecule has 4 heterocycles. The molecule has 0 unspecified atom stereocenters. The van der Waals surface area contributed by atoms with Gasteiger partial charge in [0.15, 0.2) is 0 Å². The number of aryl methyl sites for hydroxylation is 1. The molecular formula is C23H23ClN7O. The largest absolute Gasteiger partial charge is 0.494 e. The van der Waals surface area contributed by atoms with Crippen molar-refractivity contribution < 1.29 is 4.74 Å². The van der Waals surface area contributed by atoms with Crippen LogP contribution in [0.25, 0.3) is 17.0 Å². The highest BCUT2D eigenvalue weighted by molar-refractivity contribution is 6.32. The number of rotatable bonds is 5. The van der Waals surface area contributed by atoms with Gasteiger partial charge in [-0.3, -0.25) is 4.40 Å². The topological polar surface area (TPSA) is 81.7 Å². The van der Waals surface area contributed by atoms with Crippen LogP contribution in [-0.2, 0) is 0 Å². The van der Waals surface area contributed by atoms with Crippen LogP contribution in [0.1, 0.15) is 5.56 Å². The highest BCUT2D eigenvalue weighted by Gasteiger charge is 2.18. The zero-order valence-electron chi connectivity index (χ0n) is 17.9. The molecule has 0 atom stereocenters. The van der Waals surface area contributed by atoms with Crippen molar-refractivity contribution in [2.45, 2.75) is 6.92 Å². The molecule has 1 aliphatic rings. The van der Waals surface area contributed by atoms with Gasteiger partial charge >= 0.3 is 0 Å². The van der Waals surface area contributed by atoms with Gasteiger partial charge in [-0.25, -0.2) is 20.3 Å². The van der Waals surface area contributed by atoms with Crippen molar-refractivity contribution in [1.82, 2.24) is 24.7 Å². The molecule has 1 aliphatic heterocycles. The van der Waals surface area contributed by atoms with E-state index in [0.29, 0.717) is 16.7 Å². The smallest absolute Gasteiger partial charge is 0.227 e. The lowest BCUT2D eigenvalue weighted by Gasteiger charge is -2.30. The second kappa shape index (κ2) is 8.64. The van der Waals surface area contributed by atoms with Crippen LogP contribution in [0.3, 0.4) is 0 Å². The van der Waals surface area contributed by atoms with E-state index in [1.54, 1.807) is 19.5 Å². The van der Waals surface area contributed by atoms with Gasteiger partial charge in [0, 0.05) is 44.1 Å². The van der Waals surface area contributed by atoms with Crippen molar-refractivity contribution >= 4 is 34.6 Å². The summed E-state index contributed by atoms with van der Waals surface area (Å²) in [5.41, 5.74) is 5.32. The van der Waals surface area contributed by atoms with Crippen molar-refractivity contribution in [1.29, 1.82) is 0 Å². The van der Waals surface area contributed by atoms with Crippen LogP contribution >= 0.6 is 11.6 Å². The van der Waals surface area contributed by atoms with E-state index in [2.05, 4.69) is 49.5 Å². The van der Waals surface area contributed by atoms with Gasteiger partial charge in [-0.1, -0.05) is 17.7 Å². The first kappa shape index (κ1) is 20.5. The van der Waals surface area contributed by atoms with Gasteiger partial charge in [0.25, 0.3) is 0 Å². The average molecular weight is 449 g/mol. The number of halogens is 1. The van der Waals surface area contributed by atoms with Crippen LogP contribution in [0.4, 0.5) is 17.3 Å². The van der Waals surface area contributed by atoms with E-state index in [1.165, 1.54) is 0 Å². The summed E-state index contributed by atoms with van der Waals surface area (Å²) < 4.78 is 7.63. The van der Waals surface area contributed by atoms with Crippen LogP contribution in [0.5, 0.6) is 5.75 Å². The van der Waals surface area contributed by atoms with Crippen LogP contribution in [0, 0.1) is 6.92 Å². The fraction of sp³-hybridized carbons (Fsp3) is 0.261. The Bertz CT molecular complexity index is 1270. The Labute approximate surface area is 191 Å². The summed E-state index contributed by atoms with van der Waals surface area (Å²) >= 11 is 6.45. The van der Waals surface area contributed by atoms with Crippen LogP contribution in [0.2, 0.25) is 5.02 Å². The summed E-state index contributed by atoms with van der Waals surface area (Å²) in [6.07, 6.45) is 5.29. The van der Waals surface area contributed by atoms with Crippen molar-refractivity contribution in [3.8, 4) is 17.1 Å². The molecule has 3 aromatic heterocycles. The SMILES string of the molecule is COc1cc(N2CC[N]CC2)c(C)cc1Nc1ncc(Cl)c(-c2cnc3ccccn23)n1. The van der Waals surface area contributed by atoms with E-state index in [1.807, 2.05) is 28.8 Å². The summed E-state index contributed by atoms with van der Waals surface area (Å²) in [5.74, 6) is 1.15. The zero-order chi connectivity index (χ0) is 22.1. The van der Waals surface area contributed by atoms with Crippen molar-refractivity contribution in [3.05, 3.63) is 59.5 Å². The van der Waals surface area contributed by atoms with E-state index in [4.69, 9.17) is 16.3 Å². The minimum absolute atomic E-state index is 0.428. The maximum atomic E-state index is 6.45. The Morgan fingerprint density at radius 3 is 2.75 bits per heavy atom. The standard InChI is InChI=1S/C23H23ClN7O/c1-15-11-17(20(32-2)12-18(15)30-9-6-25-7-10-30)28-23-27-13-16(24)22(29-23)19-14-26-21-5-3-4-8-31(19)21/h3-5,8,11-14H,6-7,9-10H2,1-2H3,(H,27,28,29). The predicted molar refractivity (Wildman–Crippen MR) is 126 cm³/mol. The summed E-state index contributed by atoms with van der Waals surface area (Å²) in [5, 5.41) is 8.19. The molecule has 32 heavy (non-hydrogen) atoms. The molecule has 0 spiro atoms. The molecule has 4 aromatic rings. The zero-order valence-corrected chi connectivity index (χ0v) is 18.7. The Kier molecular flexibility index (Phi) is 5.55. The lowest BCUT2D eigenvalue weighted by atomic mass is 10.1. The lowest BCUT2D eigenvalue weighted by Crippen LogP contribution is -2.40. The number of benzene rings is 1. The van der Waals surface area contributed by atoms with Gasteiger partial charge in [-0.15, -0.1) is 0 Å². The number of hydrogen-bond donors (Lipinski definition) is 1. The van der Waals surface area contributed by atoms with E-state index < -0.39 is 0 Å². The highest BCUT2D eigenvalue weighted by Crippen LogP contribution is 2.35. The summed E-state index contributed by atoms with van der Waals surface area (Å²) in [4.78, 5) is 15.8. The molecule has 0 bridgehead atoms. The Morgan fingerprint density at radius 2 is 1.94 bits per heavy atom. The number of nitrogens with zero attached hydrogens (tertiary/aromatic N) is 6. The second-order valence-corrected chi connectivity index (χ2v) is 7.99. The maximum absolute atomic E-state index is 6.45. The van der Waals surface area contributed by atoms with Crippen LogP contribution in [-0.4, -0.2) is 52.6 Å². The number of anilines is 3. The molecule has 1 radical (unpaired) electrons. The Balaban J connectivity index is 1.49. The van der Waals surface area contributed by atoms with Crippen LogP contribution < -0.4 is 20.3 Å². The average Bonchev–Trinajstić information content (AvgIpc) is 3.25. The number of ether oxygens (including phenoxy) is 1. The fourth-order valence-electron chi connectivity index (χ4n) is 3.97. The van der Waals surface area contributed by atoms with Gasteiger partial charge in [0.05, 0.1) is 35.9 Å². The highest BCUT2D eigenvalue weighted by atomic mass is 35.5. The first-order valence-electron chi connectivity index (χ1n) is 10.4. The third-order valence-corrected chi connectivity index (χ3v) is 5.84. The minimum Gasteiger partial charge on any atom is -0.494 e. The van der Waals surface area contributed by atoms with Gasteiger partial charge < -0.3 is 15.0 Å². The normalized spacial score (nSPS) is 14.0. The lowest BCUT2D eigenvalue weighted by molar-refractivity contribution is 0.416. The first-order chi connectivity index (χ1) is 15.6. The van der Waals surface area contributed by atoms with Gasteiger partial charge in [-0.2, -0.15) is 0 Å². The van der Waals surface area contributed by atoms with Crippen molar-refractivity contribution in [2.75, 3.05) is 43.5 Å². The third-order valence-electron chi connectivity index (χ3n) is 5.57. The quantitative estimate of drug-likeness (QED) is 0.498. The van der Waals surface area contributed by atoms with E-state index in [9.17, 15) is 0 Å². The number of hydrogen-bond acceptors (Lipinski definition) is 6. The molecule has 9 heteroatoms. The molecule has 163 valence electrons. The molecule has 8 nitrogen and oxygen atoms in total. The molecule has 1 fully saturated rings. The van der Waals surface area contributed by atoms with Crippen molar-refractivity contribution in [3.63, 3.8) is 0 Å². The number of imidazole rings is 1. The number of pyridine rings is 1. The number of methoxy groups -OCH3 is 1. The second-order valence-electron chi connectivity index (χ2n) is 7.58. The van der Waals surface area contributed by atoms with Gasteiger partial charge in [-0.05, 0) is 30.7 Å². The molecular weight excluding hydrogens is 426 g/mol. The molecule has 0 amide bonds. The maximum Gasteiger partial charge on any atom is 0.227 e. The minimum atomic E-state index is 0.428. The van der Waals surface area contributed by atoms with E-state index in [-0.39, 0.29) is 0 Å². The van der Waals surface area contributed by atoms with Crippen LogP contribution in [0.15, 0.2) is 48.9 Å². The number of nitrogens with one attached hydrogen (secondary N) is 1. The molecule has 0 aliphatic carbocycles. The molecule has 1 saturated heterocycles. The Morgan fingerprint density at radius 1 is 1.09 bits per heavy atom. The molecule has 1 N–H and O–H groups in total. The third kappa shape index (κ3) is 3.83.